The summed E-state index contributed by atoms with van der Waals surface area (Å²) >= 11 is 0. The van der Waals surface area contributed by atoms with Gasteiger partial charge in [-0.05, 0) is 42.9 Å². The van der Waals surface area contributed by atoms with Gasteiger partial charge in [-0.25, -0.2) is 0 Å². The van der Waals surface area contributed by atoms with Gasteiger partial charge in [0.25, 0.3) is 0 Å². The summed E-state index contributed by atoms with van der Waals surface area (Å²) in [5.74, 6) is 6.58. The van der Waals surface area contributed by atoms with Crippen molar-refractivity contribution in [1.82, 2.24) is 5.43 Å². The van der Waals surface area contributed by atoms with Crippen molar-refractivity contribution < 1.29 is 4.74 Å². The van der Waals surface area contributed by atoms with Crippen molar-refractivity contribution >= 4 is 0 Å². The predicted octanol–water partition coefficient (Wildman–Crippen LogP) is 2.39. The van der Waals surface area contributed by atoms with Crippen molar-refractivity contribution in [3.8, 4) is 5.75 Å². The van der Waals surface area contributed by atoms with Gasteiger partial charge in [0.2, 0.25) is 0 Å². The predicted molar refractivity (Wildman–Crippen MR) is 65.0 cm³/mol. The van der Waals surface area contributed by atoms with Crippen LogP contribution in [0.3, 0.4) is 0 Å². The number of nitrogens with one attached hydrogen (secondary N) is 1. The Morgan fingerprint density at radius 2 is 2.25 bits per heavy atom. The lowest BCUT2D eigenvalue weighted by Gasteiger charge is -2.23. The van der Waals surface area contributed by atoms with Crippen LogP contribution in [0, 0.1) is 5.41 Å². The number of hydrogen-bond acceptors (Lipinski definition) is 3. The average molecular weight is 220 g/mol. The van der Waals surface area contributed by atoms with E-state index in [9.17, 15) is 0 Å². The molecule has 1 unspecified atom stereocenters. The van der Waals surface area contributed by atoms with Crippen molar-refractivity contribution in [3.63, 3.8) is 0 Å². The molecule has 0 saturated heterocycles. The van der Waals surface area contributed by atoms with Crippen LogP contribution in [-0.4, -0.2) is 6.61 Å². The lowest BCUT2D eigenvalue weighted by Crippen LogP contribution is -2.33. The Kier molecular flexibility index (Phi) is 3.17. The van der Waals surface area contributed by atoms with Crippen molar-refractivity contribution in [2.24, 2.45) is 11.3 Å². The second-order valence-electron chi connectivity index (χ2n) is 4.76. The highest BCUT2D eigenvalue weighted by Gasteiger charge is 2.45. The third kappa shape index (κ3) is 2.20. The monoisotopic (exact) mass is 220 g/mol. The minimum absolute atomic E-state index is 0.230. The minimum atomic E-state index is 0.230. The van der Waals surface area contributed by atoms with E-state index < -0.39 is 0 Å². The summed E-state index contributed by atoms with van der Waals surface area (Å²) in [5.41, 5.74) is 4.47. The number of nitrogens with two attached hydrogens (primary N) is 1. The summed E-state index contributed by atoms with van der Waals surface area (Å²) in [6.07, 6.45) is 2.47. The van der Waals surface area contributed by atoms with Gasteiger partial charge < -0.3 is 4.74 Å². The number of benzene rings is 1. The van der Waals surface area contributed by atoms with E-state index in [0.717, 1.165) is 5.75 Å². The van der Waals surface area contributed by atoms with Crippen LogP contribution in [0.5, 0.6) is 5.75 Å². The van der Waals surface area contributed by atoms with E-state index in [-0.39, 0.29) is 6.04 Å². The summed E-state index contributed by atoms with van der Waals surface area (Å²) in [4.78, 5) is 0. The molecular weight excluding hydrogens is 200 g/mol. The summed E-state index contributed by atoms with van der Waals surface area (Å²) < 4.78 is 5.51. The van der Waals surface area contributed by atoms with Gasteiger partial charge in [0.1, 0.15) is 5.75 Å². The fourth-order valence-electron chi connectivity index (χ4n) is 2.14. The molecule has 0 radical (unpaired) electrons. The molecule has 88 valence electrons. The number of rotatable bonds is 5. The molecule has 1 aliphatic rings. The standard InChI is InChI=1S/C13H20N2O/c1-3-16-11-6-4-5-10(9-11)12(15-14)13(2)7-8-13/h4-6,9,12,15H,3,7-8,14H2,1-2H3. The fraction of sp³-hybridized carbons (Fsp3) is 0.538. The summed E-state index contributed by atoms with van der Waals surface area (Å²) in [6, 6.07) is 8.42. The number of hydrogen-bond donors (Lipinski definition) is 2. The van der Waals surface area contributed by atoms with E-state index in [1.807, 2.05) is 19.1 Å². The maximum atomic E-state index is 5.66. The first-order valence-corrected chi connectivity index (χ1v) is 5.88. The van der Waals surface area contributed by atoms with Gasteiger partial charge in [0.15, 0.2) is 0 Å². The summed E-state index contributed by atoms with van der Waals surface area (Å²) in [6.45, 7) is 4.96. The maximum absolute atomic E-state index is 5.66. The third-order valence-corrected chi connectivity index (χ3v) is 3.40. The second-order valence-corrected chi connectivity index (χ2v) is 4.76. The Labute approximate surface area is 97.0 Å². The molecule has 1 fully saturated rings. The molecule has 0 aliphatic heterocycles. The van der Waals surface area contributed by atoms with Gasteiger partial charge in [-0.15, -0.1) is 0 Å². The smallest absolute Gasteiger partial charge is 0.119 e. The van der Waals surface area contributed by atoms with E-state index in [0.29, 0.717) is 12.0 Å². The Bertz CT molecular complexity index is 361. The molecule has 1 aromatic carbocycles. The molecule has 16 heavy (non-hydrogen) atoms. The van der Waals surface area contributed by atoms with E-state index in [1.165, 1.54) is 18.4 Å². The third-order valence-electron chi connectivity index (χ3n) is 3.40. The van der Waals surface area contributed by atoms with Crippen LogP contribution < -0.4 is 16.0 Å². The van der Waals surface area contributed by atoms with E-state index in [1.54, 1.807) is 0 Å². The first-order valence-electron chi connectivity index (χ1n) is 5.88. The Hall–Kier alpha value is -1.06. The molecule has 0 amide bonds. The SMILES string of the molecule is CCOc1cccc(C(NN)C2(C)CC2)c1. The molecule has 0 heterocycles. The van der Waals surface area contributed by atoms with E-state index in [2.05, 4.69) is 24.5 Å². The molecule has 3 N–H and O–H groups in total. The molecular formula is C13H20N2O. The van der Waals surface area contributed by atoms with Crippen LogP contribution in [0.25, 0.3) is 0 Å². The first-order chi connectivity index (χ1) is 7.69. The van der Waals surface area contributed by atoms with Gasteiger partial charge in [0.05, 0.1) is 12.6 Å². The topological polar surface area (TPSA) is 47.3 Å². The van der Waals surface area contributed by atoms with Crippen LogP contribution in [0.1, 0.15) is 38.3 Å². The molecule has 1 atom stereocenters. The zero-order valence-corrected chi connectivity index (χ0v) is 9.99. The Balaban J connectivity index is 2.21. The number of hydrazine groups is 1. The normalized spacial score (nSPS) is 19.2. The van der Waals surface area contributed by atoms with Crippen molar-refractivity contribution in [1.29, 1.82) is 0 Å². The molecule has 1 saturated carbocycles. The zero-order chi connectivity index (χ0) is 11.6. The Morgan fingerprint density at radius 1 is 1.50 bits per heavy atom. The quantitative estimate of drug-likeness (QED) is 0.591. The molecule has 1 aliphatic carbocycles. The zero-order valence-electron chi connectivity index (χ0n) is 9.99. The van der Waals surface area contributed by atoms with Gasteiger partial charge in [-0.3, -0.25) is 11.3 Å². The molecule has 0 spiro atoms. The van der Waals surface area contributed by atoms with E-state index in [4.69, 9.17) is 10.6 Å². The highest BCUT2D eigenvalue weighted by Crippen LogP contribution is 2.54. The second kappa shape index (κ2) is 4.44. The Morgan fingerprint density at radius 3 is 2.81 bits per heavy atom. The van der Waals surface area contributed by atoms with Crippen molar-refractivity contribution in [2.75, 3.05) is 6.61 Å². The lowest BCUT2D eigenvalue weighted by molar-refractivity contribution is 0.336. The summed E-state index contributed by atoms with van der Waals surface area (Å²) in [7, 11) is 0. The van der Waals surface area contributed by atoms with Gasteiger partial charge in [0, 0.05) is 0 Å². The van der Waals surface area contributed by atoms with Crippen LogP contribution in [0.15, 0.2) is 24.3 Å². The lowest BCUT2D eigenvalue weighted by atomic mass is 9.92. The fourth-order valence-corrected chi connectivity index (χ4v) is 2.14. The molecule has 0 aromatic heterocycles. The maximum Gasteiger partial charge on any atom is 0.119 e. The van der Waals surface area contributed by atoms with Crippen LogP contribution in [0.4, 0.5) is 0 Å². The number of ether oxygens (including phenoxy) is 1. The van der Waals surface area contributed by atoms with Crippen LogP contribution >= 0.6 is 0 Å². The van der Waals surface area contributed by atoms with Gasteiger partial charge in [-0.2, -0.15) is 0 Å². The molecule has 1 aromatic rings. The minimum Gasteiger partial charge on any atom is -0.494 e. The van der Waals surface area contributed by atoms with Crippen molar-refractivity contribution in [2.45, 2.75) is 32.7 Å². The highest BCUT2D eigenvalue weighted by molar-refractivity contribution is 5.32. The highest BCUT2D eigenvalue weighted by atomic mass is 16.5. The molecule has 3 heteroatoms. The molecule has 2 rings (SSSR count). The van der Waals surface area contributed by atoms with Gasteiger partial charge >= 0.3 is 0 Å². The van der Waals surface area contributed by atoms with Crippen molar-refractivity contribution in [3.05, 3.63) is 29.8 Å². The van der Waals surface area contributed by atoms with Crippen LogP contribution in [0.2, 0.25) is 0 Å². The first kappa shape index (κ1) is 11.4. The van der Waals surface area contributed by atoms with Gasteiger partial charge in [-0.1, -0.05) is 19.1 Å². The largest absolute Gasteiger partial charge is 0.494 e. The average Bonchev–Trinajstić information content (AvgIpc) is 2.99. The van der Waals surface area contributed by atoms with Crippen LogP contribution in [-0.2, 0) is 0 Å². The summed E-state index contributed by atoms with van der Waals surface area (Å²) in [5, 5.41) is 0. The molecule has 0 bridgehead atoms. The molecule has 3 nitrogen and oxygen atoms in total. The van der Waals surface area contributed by atoms with E-state index >= 15 is 0 Å².